The van der Waals surface area contributed by atoms with Gasteiger partial charge in [0.05, 0.1) is 6.61 Å². The first kappa shape index (κ1) is 16.5. The van der Waals surface area contributed by atoms with E-state index in [0.717, 1.165) is 13.0 Å². The van der Waals surface area contributed by atoms with E-state index in [-0.39, 0.29) is 11.9 Å². The number of ether oxygens (including phenoxy) is 1. The van der Waals surface area contributed by atoms with E-state index in [9.17, 15) is 0 Å². The number of benzene rings is 1. The molecule has 1 aromatic rings. The molecule has 0 fully saturated rings. The van der Waals surface area contributed by atoms with Gasteiger partial charge in [-0.1, -0.05) is 36.3 Å². The summed E-state index contributed by atoms with van der Waals surface area (Å²) in [7, 11) is 0. The molecular formula is C15H25N3O2. The van der Waals surface area contributed by atoms with Crippen LogP contribution in [0.5, 0.6) is 0 Å². The third-order valence-electron chi connectivity index (χ3n) is 3.24. The molecule has 0 aromatic heterocycles. The Morgan fingerprint density at radius 1 is 1.35 bits per heavy atom. The maximum atomic E-state index is 8.62. The van der Waals surface area contributed by atoms with Gasteiger partial charge in [0.1, 0.15) is 5.84 Å². The molecule has 0 heterocycles. The van der Waals surface area contributed by atoms with Crippen LogP contribution in [-0.4, -0.2) is 23.7 Å². The Morgan fingerprint density at radius 3 is 2.65 bits per heavy atom. The number of nitrogens with two attached hydrogens (primary N) is 1. The average Bonchev–Trinajstić information content (AvgIpc) is 2.49. The topological polar surface area (TPSA) is 79.9 Å². The fraction of sp³-hybridized carbons (Fsp3) is 0.533. The summed E-state index contributed by atoms with van der Waals surface area (Å²) in [6.07, 6.45) is 1.46. The molecule has 1 rings (SSSR count). The Morgan fingerprint density at radius 2 is 2.05 bits per heavy atom. The minimum Gasteiger partial charge on any atom is -0.409 e. The molecule has 0 aliphatic rings. The number of hydrogen-bond donors (Lipinski definition) is 3. The quantitative estimate of drug-likeness (QED) is 0.280. The number of nitrogens with one attached hydrogen (secondary N) is 1. The van der Waals surface area contributed by atoms with E-state index in [0.29, 0.717) is 19.6 Å². The zero-order chi connectivity index (χ0) is 14.8. The molecule has 0 aliphatic carbocycles. The SMILES string of the molecule is CCOCc1ccccc1CNC(CC)CC(N)=NO. The Bertz CT molecular complexity index is 421. The van der Waals surface area contributed by atoms with Crippen LogP contribution in [0.25, 0.3) is 0 Å². The van der Waals surface area contributed by atoms with Crippen LogP contribution < -0.4 is 11.1 Å². The number of amidine groups is 1. The number of oxime groups is 1. The maximum Gasteiger partial charge on any atom is 0.140 e. The summed E-state index contributed by atoms with van der Waals surface area (Å²) in [6, 6.07) is 8.42. The van der Waals surface area contributed by atoms with Crippen molar-refractivity contribution in [2.24, 2.45) is 10.9 Å². The first-order chi connectivity index (χ1) is 9.71. The van der Waals surface area contributed by atoms with Crippen molar-refractivity contribution in [3.63, 3.8) is 0 Å². The van der Waals surface area contributed by atoms with Crippen molar-refractivity contribution in [1.82, 2.24) is 5.32 Å². The zero-order valence-electron chi connectivity index (χ0n) is 12.3. The Balaban J connectivity index is 2.59. The van der Waals surface area contributed by atoms with Crippen LogP contribution in [0, 0.1) is 0 Å². The second kappa shape index (κ2) is 9.34. The highest BCUT2D eigenvalue weighted by Gasteiger charge is 2.09. The van der Waals surface area contributed by atoms with E-state index in [1.165, 1.54) is 11.1 Å². The Hall–Kier alpha value is -1.59. The smallest absolute Gasteiger partial charge is 0.140 e. The molecule has 0 aliphatic heterocycles. The van der Waals surface area contributed by atoms with Crippen molar-refractivity contribution >= 4 is 5.84 Å². The second-order valence-corrected chi connectivity index (χ2v) is 4.69. The van der Waals surface area contributed by atoms with Crippen LogP contribution in [0.1, 0.15) is 37.8 Å². The van der Waals surface area contributed by atoms with Crippen LogP contribution >= 0.6 is 0 Å². The molecular weight excluding hydrogens is 254 g/mol. The van der Waals surface area contributed by atoms with E-state index in [1.807, 2.05) is 19.1 Å². The largest absolute Gasteiger partial charge is 0.409 e. The number of nitrogens with zero attached hydrogens (tertiary/aromatic N) is 1. The Labute approximate surface area is 120 Å². The highest BCUT2D eigenvalue weighted by atomic mass is 16.5. The van der Waals surface area contributed by atoms with Gasteiger partial charge in [0.2, 0.25) is 0 Å². The predicted octanol–water partition coefficient (Wildman–Crippen LogP) is 2.23. The molecule has 1 atom stereocenters. The van der Waals surface area contributed by atoms with Crippen molar-refractivity contribution < 1.29 is 9.94 Å². The maximum absolute atomic E-state index is 8.62. The molecule has 5 nitrogen and oxygen atoms in total. The normalized spacial score (nSPS) is 13.4. The van der Waals surface area contributed by atoms with Gasteiger partial charge in [-0.15, -0.1) is 0 Å². The molecule has 1 unspecified atom stereocenters. The van der Waals surface area contributed by atoms with Gasteiger partial charge in [0.15, 0.2) is 0 Å². The summed E-state index contributed by atoms with van der Waals surface area (Å²) in [6.45, 7) is 6.16. The lowest BCUT2D eigenvalue weighted by Crippen LogP contribution is -2.33. The van der Waals surface area contributed by atoms with Crippen LogP contribution in [0.4, 0.5) is 0 Å². The van der Waals surface area contributed by atoms with Gasteiger partial charge in [-0.3, -0.25) is 0 Å². The van der Waals surface area contributed by atoms with E-state index in [1.54, 1.807) is 0 Å². The fourth-order valence-electron chi connectivity index (χ4n) is 1.99. The molecule has 0 radical (unpaired) electrons. The molecule has 5 heteroatoms. The molecule has 1 aromatic carbocycles. The van der Waals surface area contributed by atoms with E-state index >= 15 is 0 Å². The van der Waals surface area contributed by atoms with Crippen molar-refractivity contribution in [3.05, 3.63) is 35.4 Å². The minimum atomic E-state index is 0.200. The van der Waals surface area contributed by atoms with Crippen molar-refractivity contribution in [2.75, 3.05) is 6.61 Å². The summed E-state index contributed by atoms with van der Waals surface area (Å²) >= 11 is 0. The van der Waals surface area contributed by atoms with Gasteiger partial charge in [0.25, 0.3) is 0 Å². The van der Waals surface area contributed by atoms with E-state index < -0.39 is 0 Å². The number of hydrogen-bond acceptors (Lipinski definition) is 4. The first-order valence-electron chi connectivity index (χ1n) is 7.05. The third kappa shape index (κ3) is 5.59. The summed E-state index contributed by atoms with van der Waals surface area (Å²) in [4.78, 5) is 0. The van der Waals surface area contributed by atoms with Crippen LogP contribution in [0.2, 0.25) is 0 Å². The monoisotopic (exact) mass is 279 g/mol. The molecule has 4 N–H and O–H groups in total. The Kier molecular flexibility index (Phi) is 7.69. The second-order valence-electron chi connectivity index (χ2n) is 4.69. The van der Waals surface area contributed by atoms with Gasteiger partial charge in [0, 0.05) is 25.6 Å². The van der Waals surface area contributed by atoms with Crippen molar-refractivity contribution in [1.29, 1.82) is 0 Å². The first-order valence-corrected chi connectivity index (χ1v) is 7.05. The lowest BCUT2D eigenvalue weighted by atomic mass is 10.1. The average molecular weight is 279 g/mol. The molecule has 20 heavy (non-hydrogen) atoms. The van der Waals surface area contributed by atoms with Crippen LogP contribution in [0.15, 0.2) is 29.4 Å². The van der Waals surface area contributed by atoms with Gasteiger partial charge in [-0.2, -0.15) is 0 Å². The highest BCUT2D eigenvalue weighted by Crippen LogP contribution is 2.11. The minimum absolute atomic E-state index is 0.200. The van der Waals surface area contributed by atoms with Gasteiger partial charge >= 0.3 is 0 Å². The summed E-state index contributed by atoms with van der Waals surface area (Å²) in [5.74, 6) is 0.256. The van der Waals surface area contributed by atoms with Crippen LogP contribution in [0.3, 0.4) is 0 Å². The van der Waals surface area contributed by atoms with Crippen molar-refractivity contribution in [3.8, 4) is 0 Å². The number of rotatable bonds is 9. The molecule has 112 valence electrons. The third-order valence-corrected chi connectivity index (χ3v) is 3.24. The summed E-state index contributed by atoms with van der Waals surface area (Å²) < 4.78 is 5.48. The molecule has 0 saturated carbocycles. The molecule has 0 amide bonds. The molecule has 0 spiro atoms. The predicted molar refractivity (Wildman–Crippen MR) is 80.7 cm³/mol. The van der Waals surface area contributed by atoms with E-state index in [4.69, 9.17) is 15.7 Å². The van der Waals surface area contributed by atoms with Crippen LogP contribution in [-0.2, 0) is 17.9 Å². The van der Waals surface area contributed by atoms with Gasteiger partial charge < -0.3 is 21.0 Å². The zero-order valence-corrected chi connectivity index (χ0v) is 12.3. The lowest BCUT2D eigenvalue weighted by molar-refractivity contribution is 0.133. The summed E-state index contributed by atoms with van der Waals surface area (Å²) in [5.41, 5.74) is 7.97. The molecule has 0 bridgehead atoms. The van der Waals surface area contributed by atoms with Crippen molar-refractivity contribution in [2.45, 2.75) is 45.9 Å². The molecule has 0 saturated heterocycles. The van der Waals surface area contributed by atoms with E-state index in [2.05, 4.69) is 29.5 Å². The van der Waals surface area contributed by atoms with Gasteiger partial charge in [-0.25, -0.2) is 0 Å². The standard InChI is InChI=1S/C15H25N3O2/c1-3-14(9-15(16)18-19)17-10-12-7-5-6-8-13(12)11-20-4-2/h5-8,14,17,19H,3-4,9-11H2,1-2H3,(H2,16,18). The highest BCUT2D eigenvalue weighted by molar-refractivity contribution is 5.80. The summed E-state index contributed by atoms with van der Waals surface area (Å²) in [5, 5.41) is 15.1. The fourth-order valence-corrected chi connectivity index (χ4v) is 1.99. The van der Waals surface area contributed by atoms with Gasteiger partial charge in [-0.05, 0) is 24.5 Å². The lowest BCUT2D eigenvalue weighted by Gasteiger charge is -2.17.